The topological polar surface area (TPSA) is 86.8 Å². The molecule has 0 bridgehead atoms. The van der Waals surface area contributed by atoms with Gasteiger partial charge in [0, 0.05) is 20.6 Å². The van der Waals surface area contributed by atoms with Crippen LogP contribution in [0.3, 0.4) is 0 Å². The van der Waals surface area contributed by atoms with Gasteiger partial charge in [0.05, 0.1) is 5.75 Å². The van der Waals surface area contributed by atoms with Crippen LogP contribution in [0.4, 0.5) is 4.79 Å². The molecule has 0 aromatic heterocycles. The summed E-state index contributed by atoms with van der Waals surface area (Å²) in [5, 5.41) is 2.85. The zero-order chi connectivity index (χ0) is 20.4. The standard InChI is InChI=1S/C20H23N3O4S/c1-22(2)28(26,27)15-9-14-23-18(24)20(21-19(23)25,16-10-5-3-6-11-16)17-12-7-4-8-13-17/h3-8,10-13H,9,14-15H2,1-2H3,(H,21,25). The molecular formula is C20H23N3O4S. The van der Waals surface area contributed by atoms with Gasteiger partial charge in [-0.3, -0.25) is 9.69 Å². The minimum atomic E-state index is -3.39. The predicted octanol–water partition coefficient (Wildman–Crippen LogP) is 1.76. The number of imide groups is 1. The Balaban J connectivity index is 1.92. The Morgan fingerprint density at radius 3 is 1.89 bits per heavy atom. The van der Waals surface area contributed by atoms with Crippen LogP contribution in [0.2, 0.25) is 0 Å². The van der Waals surface area contributed by atoms with Crippen LogP contribution in [0.15, 0.2) is 60.7 Å². The minimum absolute atomic E-state index is 0.0269. The first-order valence-corrected chi connectivity index (χ1v) is 10.6. The minimum Gasteiger partial charge on any atom is -0.315 e. The van der Waals surface area contributed by atoms with E-state index in [0.29, 0.717) is 11.1 Å². The van der Waals surface area contributed by atoms with Gasteiger partial charge < -0.3 is 5.32 Å². The molecule has 1 saturated heterocycles. The van der Waals surface area contributed by atoms with E-state index in [-0.39, 0.29) is 18.7 Å². The highest BCUT2D eigenvalue weighted by Gasteiger charge is 2.53. The van der Waals surface area contributed by atoms with Crippen molar-refractivity contribution in [2.75, 3.05) is 26.4 Å². The smallest absolute Gasteiger partial charge is 0.315 e. The molecule has 0 atom stereocenters. The number of nitrogens with one attached hydrogen (secondary N) is 1. The summed E-state index contributed by atoms with van der Waals surface area (Å²) in [6.07, 6.45) is 0.166. The quantitative estimate of drug-likeness (QED) is 0.717. The molecule has 148 valence electrons. The molecule has 1 heterocycles. The van der Waals surface area contributed by atoms with Crippen LogP contribution in [0.25, 0.3) is 0 Å². The maximum Gasteiger partial charge on any atom is 0.325 e. The van der Waals surface area contributed by atoms with Gasteiger partial charge in [0.25, 0.3) is 5.91 Å². The number of urea groups is 1. The lowest BCUT2D eigenvalue weighted by atomic mass is 9.82. The first-order chi connectivity index (χ1) is 13.3. The maximum atomic E-state index is 13.4. The monoisotopic (exact) mass is 401 g/mol. The van der Waals surface area contributed by atoms with Crippen LogP contribution in [0.1, 0.15) is 17.5 Å². The van der Waals surface area contributed by atoms with Crippen LogP contribution in [0.5, 0.6) is 0 Å². The van der Waals surface area contributed by atoms with Gasteiger partial charge >= 0.3 is 6.03 Å². The third-order valence-corrected chi connectivity index (χ3v) is 6.78. The summed E-state index contributed by atoms with van der Waals surface area (Å²) in [5.74, 6) is -0.544. The number of sulfonamides is 1. The average molecular weight is 401 g/mol. The highest BCUT2D eigenvalue weighted by molar-refractivity contribution is 7.89. The molecule has 1 fully saturated rings. The van der Waals surface area contributed by atoms with Crippen molar-refractivity contribution in [2.45, 2.75) is 12.0 Å². The van der Waals surface area contributed by atoms with Crippen molar-refractivity contribution in [3.8, 4) is 0 Å². The Bertz CT molecular complexity index is 920. The zero-order valence-corrected chi connectivity index (χ0v) is 16.6. The van der Waals surface area contributed by atoms with Crippen molar-refractivity contribution in [1.29, 1.82) is 0 Å². The molecule has 8 heteroatoms. The number of amides is 3. The van der Waals surface area contributed by atoms with Gasteiger partial charge in [-0.1, -0.05) is 60.7 Å². The van der Waals surface area contributed by atoms with Crippen LogP contribution >= 0.6 is 0 Å². The lowest BCUT2D eigenvalue weighted by Crippen LogP contribution is -2.45. The molecule has 0 unspecified atom stereocenters. The van der Waals surface area contributed by atoms with Gasteiger partial charge in [-0.05, 0) is 17.5 Å². The van der Waals surface area contributed by atoms with Gasteiger partial charge in [0.15, 0.2) is 5.54 Å². The number of carbonyl (C=O) groups excluding carboxylic acids is 2. The molecule has 3 amide bonds. The Labute approximate surface area is 165 Å². The molecule has 7 nitrogen and oxygen atoms in total. The lowest BCUT2D eigenvalue weighted by Gasteiger charge is -2.28. The van der Waals surface area contributed by atoms with E-state index in [4.69, 9.17) is 0 Å². The summed E-state index contributed by atoms with van der Waals surface area (Å²) in [6.45, 7) is 0.0269. The molecule has 0 radical (unpaired) electrons. The van der Waals surface area contributed by atoms with E-state index in [0.717, 1.165) is 9.21 Å². The summed E-state index contributed by atoms with van der Waals surface area (Å²) in [4.78, 5) is 27.2. The summed E-state index contributed by atoms with van der Waals surface area (Å²) in [5.41, 5.74) is -0.00838. The van der Waals surface area contributed by atoms with Crippen molar-refractivity contribution in [2.24, 2.45) is 0 Å². The van der Waals surface area contributed by atoms with Crippen LogP contribution < -0.4 is 5.32 Å². The van der Waals surface area contributed by atoms with E-state index in [2.05, 4.69) is 5.32 Å². The number of benzene rings is 2. The van der Waals surface area contributed by atoms with E-state index in [1.165, 1.54) is 14.1 Å². The molecule has 0 spiro atoms. The Morgan fingerprint density at radius 1 is 0.929 bits per heavy atom. The van der Waals surface area contributed by atoms with Gasteiger partial charge in [-0.2, -0.15) is 0 Å². The van der Waals surface area contributed by atoms with Crippen LogP contribution in [-0.2, 0) is 20.4 Å². The third kappa shape index (κ3) is 3.53. The second-order valence-electron chi connectivity index (χ2n) is 6.82. The Kier molecular flexibility index (Phi) is 5.53. The van der Waals surface area contributed by atoms with E-state index in [1.807, 2.05) is 36.4 Å². The fraction of sp³-hybridized carbons (Fsp3) is 0.300. The van der Waals surface area contributed by atoms with Crippen LogP contribution in [0, 0.1) is 0 Å². The van der Waals surface area contributed by atoms with Crippen molar-refractivity contribution in [3.05, 3.63) is 71.8 Å². The molecule has 1 N–H and O–H groups in total. The average Bonchev–Trinajstić information content (AvgIpc) is 2.94. The Hall–Kier alpha value is -2.71. The van der Waals surface area contributed by atoms with Crippen molar-refractivity contribution in [3.63, 3.8) is 0 Å². The summed E-state index contributed by atoms with van der Waals surface area (Å²) < 4.78 is 25.1. The van der Waals surface area contributed by atoms with Crippen molar-refractivity contribution in [1.82, 2.24) is 14.5 Å². The van der Waals surface area contributed by atoms with Crippen molar-refractivity contribution >= 4 is 22.0 Å². The number of nitrogens with zero attached hydrogens (tertiary/aromatic N) is 2. The molecule has 28 heavy (non-hydrogen) atoms. The largest absolute Gasteiger partial charge is 0.325 e. The van der Waals surface area contributed by atoms with E-state index < -0.39 is 27.5 Å². The number of carbonyl (C=O) groups is 2. The van der Waals surface area contributed by atoms with E-state index >= 15 is 0 Å². The number of hydrogen-bond donors (Lipinski definition) is 1. The third-order valence-electron chi connectivity index (χ3n) is 4.86. The van der Waals surface area contributed by atoms with Crippen molar-refractivity contribution < 1.29 is 18.0 Å². The molecule has 2 aromatic carbocycles. The van der Waals surface area contributed by atoms with Gasteiger partial charge in [0.1, 0.15) is 0 Å². The Morgan fingerprint density at radius 2 is 1.43 bits per heavy atom. The van der Waals surface area contributed by atoms with Gasteiger partial charge in [0.2, 0.25) is 10.0 Å². The first kappa shape index (κ1) is 20.0. The van der Waals surface area contributed by atoms with E-state index in [1.54, 1.807) is 24.3 Å². The highest BCUT2D eigenvalue weighted by atomic mass is 32.2. The fourth-order valence-electron chi connectivity index (χ4n) is 3.30. The van der Waals surface area contributed by atoms with Gasteiger partial charge in [-0.15, -0.1) is 0 Å². The summed E-state index contributed by atoms with van der Waals surface area (Å²) >= 11 is 0. The maximum absolute atomic E-state index is 13.4. The molecule has 0 saturated carbocycles. The summed E-state index contributed by atoms with van der Waals surface area (Å²) in [7, 11) is -0.480. The van der Waals surface area contributed by atoms with E-state index in [9.17, 15) is 18.0 Å². The molecule has 0 aliphatic carbocycles. The second kappa shape index (κ2) is 7.73. The number of hydrogen-bond acceptors (Lipinski definition) is 4. The molecule has 1 aliphatic heterocycles. The number of rotatable bonds is 7. The predicted molar refractivity (Wildman–Crippen MR) is 106 cm³/mol. The zero-order valence-electron chi connectivity index (χ0n) is 15.8. The van der Waals surface area contributed by atoms with Gasteiger partial charge in [-0.25, -0.2) is 17.5 Å². The normalized spacial score (nSPS) is 16.5. The fourth-order valence-corrected chi connectivity index (χ4v) is 4.16. The van der Waals surface area contributed by atoms with Crippen LogP contribution in [-0.4, -0.2) is 56.0 Å². The molecule has 2 aromatic rings. The highest BCUT2D eigenvalue weighted by Crippen LogP contribution is 2.35. The molecule has 1 aliphatic rings. The summed E-state index contributed by atoms with van der Waals surface area (Å²) in [6, 6.07) is 17.6. The molecule has 3 rings (SSSR count). The molecular weight excluding hydrogens is 378 g/mol. The first-order valence-electron chi connectivity index (χ1n) is 8.94. The SMILES string of the molecule is CN(C)S(=O)(=O)CCCN1C(=O)NC(c2ccccc2)(c2ccccc2)C1=O. The second-order valence-corrected chi connectivity index (χ2v) is 9.12. The lowest BCUT2D eigenvalue weighted by molar-refractivity contribution is -0.130.